The van der Waals surface area contributed by atoms with Gasteiger partial charge in [0.25, 0.3) is 5.91 Å². The molecule has 1 aliphatic heterocycles. The van der Waals surface area contributed by atoms with Gasteiger partial charge in [0, 0.05) is 19.2 Å². The first kappa shape index (κ1) is 17.1. The average molecular weight is 392 g/mol. The Morgan fingerprint density at radius 3 is 2.73 bits per heavy atom. The summed E-state index contributed by atoms with van der Waals surface area (Å²) in [7, 11) is 1.52. The maximum Gasteiger partial charge on any atom is 0.292 e. The van der Waals surface area contributed by atoms with Crippen LogP contribution in [0.5, 0.6) is 5.75 Å². The van der Waals surface area contributed by atoms with Crippen molar-refractivity contribution in [2.75, 3.05) is 13.7 Å². The molecule has 9 heteroatoms. The van der Waals surface area contributed by atoms with Crippen LogP contribution in [-0.4, -0.2) is 43.8 Å². The average Bonchev–Trinajstić information content (AvgIpc) is 3.05. The molecule has 4 rings (SSSR count). The highest BCUT2D eigenvalue weighted by Gasteiger charge is 2.33. The lowest BCUT2D eigenvalue weighted by Gasteiger charge is -2.32. The topological polar surface area (TPSA) is 72.6 Å². The number of amides is 1. The molecule has 0 spiro atoms. The van der Waals surface area contributed by atoms with E-state index < -0.39 is 0 Å². The second kappa shape index (κ2) is 6.41. The first-order chi connectivity index (χ1) is 12.5. The number of hydrogen-bond acceptors (Lipinski definition) is 5. The third kappa shape index (κ3) is 2.59. The molecule has 0 fully saturated rings. The smallest absolute Gasteiger partial charge is 0.292 e. The summed E-state index contributed by atoms with van der Waals surface area (Å²) in [6.45, 7) is 2.48. The van der Waals surface area contributed by atoms with Gasteiger partial charge >= 0.3 is 0 Å². The predicted octanol–water partition coefficient (Wildman–Crippen LogP) is 3.20. The van der Waals surface area contributed by atoms with Crippen molar-refractivity contribution in [2.24, 2.45) is 0 Å². The fraction of sp³-hybridized carbons (Fsp3) is 0.294. The molecule has 0 N–H and O–H groups in total. The minimum absolute atomic E-state index is 0.135. The van der Waals surface area contributed by atoms with E-state index in [0.29, 0.717) is 34.4 Å². The van der Waals surface area contributed by atoms with Gasteiger partial charge < -0.3 is 14.0 Å². The molecule has 0 aliphatic carbocycles. The molecule has 0 unspecified atom stereocenters. The summed E-state index contributed by atoms with van der Waals surface area (Å²) in [5.74, 6) is 0.403. The molecule has 3 aromatic rings. The molecule has 134 valence electrons. The summed E-state index contributed by atoms with van der Waals surface area (Å²) < 4.78 is 6.93. The first-order valence-corrected chi connectivity index (χ1v) is 8.78. The van der Waals surface area contributed by atoms with E-state index >= 15 is 0 Å². The predicted molar refractivity (Wildman–Crippen MR) is 97.0 cm³/mol. The van der Waals surface area contributed by atoms with Crippen LogP contribution in [0.3, 0.4) is 0 Å². The Labute approximate surface area is 159 Å². The minimum atomic E-state index is -0.235. The zero-order valence-corrected chi connectivity index (χ0v) is 15.6. The lowest BCUT2D eigenvalue weighted by atomic mass is 10.0. The zero-order valence-electron chi connectivity index (χ0n) is 14.1. The monoisotopic (exact) mass is 391 g/mol. The van der Waals surface area contributed by atoms with Crippen molar-refractivity contribution in [1.29, 1.82) is 0 Å². The molecular formula is C17H15Cl2N5O2. The molecule has 3 aromatic heterocycles. The summed E-state index contributed by atoms with van der Waals surface area (Å²) in [6, 6.07) is 1.52. The second-order valence-electron chi connectivity index (χ2n) is 5.99. The molecule has 1 atom stereocenters. The second-order valence-corrected chi connectivity index (χ2v) is 6.77. The number of methoxy groups -OCH3 is 1. The molecule has 1 aliphatic rings. The van der Waals surface area contributed by atoms with Gasteiger partial charge in [0.05, 0.1) is 42.0 Å². The Bertz CT molecular complexity index is 1000. The number of carbonyl (C=O) groups excluding carboxylic acids is 1. The van der Waals surface area contributed by atoms with Crippen molar-refractivity contribution in [3.05, 3.63) is 51.9 Å². The van der Waals surface area contributed by atoms with E-state index in [9.17, 15) is 4.79 Å². The van der Waals surface area contributed by atoms with E-state index in [1.54, 1.807) is 11.0 Å². The van der Waals surface area contributed by atoms with Gasteiger partial charge in [-0.1, -0.05) is 23.2 Å². The fourth-order valence-electron chi connectivity index (χ4n) is 3.25. The molecule has 1 amide bonds. The van der Waals surface area contributed by atoms with Crippen LogP contribution in [0.15, 0.2) is 24.7 Å². The summed E-state index contributed by atoms with van der Waals surface area (Å²) in [4.78, 5) is 27.4. The number of imidazole rings is 1. The Morgan fingerprint density at radius 1 is 1.31 bits per heavy atom. The van der Waals surface area contributed by atoms with Gasteiger partial charge in [-0.05, 0) is 13.0 Å². The van der Waals surface area contributed by atoms with Gasteiger partial charge in [-0.25, -0.2) is 15.0 Å². The number of aromatic nitrogens is 4. The quantitative estimate of drug-likeness (QED) is 0.670. The highest BCUT2D eigenvalue weighted by molar-refractivity contribution is 6.43. The molecule has 0 saturated carbocycles. The van der Waals surface area contributed by atoms with Crippen LogP contribution < -0.4 is 4.74 Å². The van der Waals surface area contributed by atoms with E-state index in [4.69, 9.17) is 27.9 Å². The normalized spacial score (nSPS) is 16.6. The van der Waals surface area contributed by atoms with Gasteiger partial charge in [0.1, 0.15) is 5.02 Å². The Morgan fingerprint density at radius 2 is 2.04 bits per heavy atom. The maximum atomic E-state index is 12.9. The summed E-state index contributed by atoms with van der Waals surface area (Å²) in [6.07, 6.45) is 5.41. The lowest BCUT2D eigenvalue weighted by molar-refractivity contribution is 0.0659. The van der Waals surface area contributed by atoms with Gasteiger partial charge in [0.15, 0.2) is 11.4 Å². The van der Waals surface area contributed by atoms with Crippen LogP contribution >= 0.6 is 23.2 Å². The number of pyridine rings is 1. The number of rotatable bonds is 2. The molecule has 0 radical (unpaired) electrons. The molecule has 0 aromatic carbocycles. The van der Waals surface area contributed by atoms with Gasteiger partial charge in [-0.2, -0.15) is 0 Å². The van der Waals surface area contributed by atoms with Crippen molar-refractivity contribution in [3.63, 3.8) is 0 Å². The molecular weight excluding hydrogens is 377 g/mol. The highest BCUT2D eigenvalue weighted by Crippen LogP contribution is 2.34. The molecule has 26 heavy (non-hydrogen) atoms. The van der Waals surface area contributed by atoms with Gasteiger partial charge in [0.2, 0.25) is 5.82 Å². The maximum absolute atomic E-state index is 12.9. The number of fused-ring (bicyclic) bond motifs is 3. The number of hydrogen-bond donors (Lipinski definition) is 0. The third-order valence-electron chi connectivity index (χ3n) is 4.57. The zero-order chi connectivity index (χ0) is 18.4. The lowest BCUT2D eigenvalue weighted by Crippen LogP contribution is -2.40. The van der Waals surface area contributed by atoms with Crippen LogP contribution in [0.1, 0.15) is 35.0 Å². The Balaban J connectivity index is 1.72. The van der Waals surface area contributed by atoms with Crippen LogP contribution in [0, 0.1) is 0 Å². The van der Waals surface area contributed by atoms with E-state index in [1.807, 2.05) is 17.5 Å². The first-order valence-electron chi connectivity index (χ1n) is 8.03. The molecule has 0 saturated heterocycles. The fourth-order valence-corrected chi connectivity index (χ4v) is 3.59. The van der Waals surface area contributed by atoms with Crippen molar-refractivity contribution in [3.8, 4) is 5.75 Å². The van der Waals surface area contributed by atoms with Gasteiger partial charge in [-0.15, -0.1) is 0 Å². The van der Waals surface area contributed by atoms with Crippen LogP contribution in [0.2, 0.25) is 10.0 Å². The number of halogens is 2. The summed E-state index contributed by atoms with van der Waals surface area (Å²) >= 11 is 12.4. The van der Waals surface area contributed by atoms with Crippen molar-refractivity contribution in [2.45, 2.75) is 19.4 Å². The van der Waals surface area contributed by atoms with Crippen molar-refractivity contribution >= 4 is 34.8 Å². The van der Waals surface area contributed by atoms with E-state index in [1.165, 1.54) is 19.5 Å². The van der Waals surface area contributed by atoms with E-state index in [-0.39, 0.29) is 17.8 Å². The number of ether oxygens (including phenoxy) is 1. The van der Waals surface area contributed by atoms with Crippen molar-refractivity contribution < 1.29 is 9.53 Å². The van der Waals surface area contributed by atoms with Gasteiger partial charge in [-0.3, -0.25) is 4.79 Å². The molecule has 0 bridgehead atoms. The SMILES string of the molecule is COc1cnc(C(=O)N2CCc3nc4c(Cl)c(Cl)ccn4c3[C@@H]2C)nc1. The van der Waals surface area contributed by atoms with Crippen LogP contribution in [-0.2, 0) is 6.42 Å². The number of nitrogens with zero attached hydrogens (tertiary/aromatic N) is 5. The molecule has 4 heterocycles. The van der Waals surface area contributed by atoms with E-state index in [2.05, 4.69) is 15.0 Å². The van der Waals surface area contributed by atoms with E-state index in [0.717, 1.165) is 11.4 Å². The summed E-state index contributed by atoms with van der Waals surface area (Å²) in [5.41, 5.74) is 2.44. The highest BCUT2D eigenvalue weighted by atomic mass is 35.5. The third-order valence-corrected chi connectivity index (χ3v) is 5.35. The van der Waals surface area contributed by atoms with Crippen LogP contribution in [0.25, 0.3) is 5.65 Å². The van der Waals surface area contributed by atoms with Crippen molar-refractivity contribution in [1.82, 2.24) is 24.3 Å². The Hall–Kier alpha value is -2.38. The van der Waals surface area contributed by atoms with Crippen LogP contribution in [0.4, 0.5) is 0 Å². The molecule has 7 nitrogen and oxygen atoms in total. The largest absolute Gasteiger partial charge is 0.494 e. The Kier molecular flexibility index (Phi) is 4.20. The summed E-state index contributed by atoms with van der Waals surface area (Å²) in [5, 5.41) is 0.862. The number of carbonyl (C=O) groups is 1. The minimum Gasteiger partial charge on any atom is -0.494 e. The standard InChI is InChI=1S/C17H15Cl2N5O2/c1-9-14-12(22-16-13(19)11(18)3-5-24(14)16)4-6-23(9)17(25)15-20-7-10(26-2)8-21-15/h3,5,7-9H,4,6H2,1-2H3/t9-/m0/s1.